The van der Waals surface area contributed by atoms with Crippen molar-refractivity contribution < 1.29 is 66.8 Å². The summed E-state index contributed by atoms with van der Waals surface area (Å²) in [6, 6.07) is 24.3. The molecule has 0 radical (unpaired) electrons. The maximum absolute atomic E-state index is 11.9. The second-order valence-corrected chi connectivity index (χ2v) is 29.8. The zero-order valence-corrected chi connectivity index (χ0v) is 58.2. The number of hydrogen-bond acceptors (Lipinski definition) is 16. The summed E-state index contributed by atoms with van der Waals surface area (Å²) >= 11 is 34.5. The van der Waals surface area contributed by atoms with Crippen LogP contribution in [-0.2, 0) is 64.2 Å². The van der Waals surface area contributed by atoms with Gasteiger partial charge in [0.2, 0.25) is 30.1 Å². The van der Waals surface area contributed by atoms with E-state index >= 15 is 0 Å². The van der Waals surface area contributed by atoms with Crippen molar-refractivity contribution in [1.82, 2.24) is 24.2 Å². The van der Waals surface area contributed by atoms with Crippen LogP contribution in [0.2, 0.25) is 0 Å². The Morgan fingerprint density at radius 1 is 0.605 bits per heavy atom. The second-order valence-electron chi connectivity index (χ2n) is 12.9. The van der Waals surface area contributed by atoms with Crippen LogP contribution in [-0.4, -0.2) is 103 Å². The van der Waals surface area contributed by atoms with E-state index in [0.29, 0.717) is 58.6 Å². The van der Waals surface area contributed by atoms with Crippen LogP contribution in [0.1, 0.15) is 0 Å². The Hall–Kier alpha value is -0.771. The van der Waals surface area contributed by atoms with E-state index in [0.717, 1.165) is 0 Å². The van der Waals surface area contributed by atoms with Gasteiger partial charge in [0.05, 0.1) is 23.7 Å². The normalized spacial score (nSPS) is 13.6. The molecular formula is C38H43Br7Cl4CuN9O12S5. The van der Waals surface area contributed by atoms with Crippen LogP contribution in [0.4, 0.5) is 26.7 Å². The van der Waals surface area contributed by atoms with E-state index in [1.165, 1.54) is 38.6 Å². The number of nitrogens with zero attached hydrogens (tertiary/aromatic N) is 2. The van der Waals surface area contributed by atoms with Crippen LogP contribution in [0.5, 0.6) is 0 Å². The molecular weight excluding hydrogens is 1700 g/mol. The summed E-state index contributed by atoms with van der Waals surface area (Å²) in [4.78, 5) is 21.0. The van der Waals surface area contributed by atoms with E-state index in [4.69, 9.17) is 21.2 Å². The van der Waals surface area contributed by atoms with E-state index in [2.05, 4.69) is 186 Å². The number of anilines is 3. The molecule has 0 aromatic heterocycles. The number of urea groups is 1. The third kappa shape index (κ3) is 22.5. The molecule has 38 heteroatoms. The number of benzene rings is 5. The van der Waals surface area contributed by atoms with Crippen LogP contribution in [0.25, 0.3) is 0 Å². The molecule has 2 heterocycles. The van der Waals surface area contributed by atoms with Crippen molar-refractivity contribution in [3.8, 4) is 0 Å². The fraction of sp³-hybridized carbons (Fsp3) is 0.158. The Morgan fingerprint density at radius 2 is 0.921 bits per heavy atom. The fourth-order valence-corrected chi connectivity index (χ4v) is 18.6. The topological polar surface area (TPSA) is 346 Å². The molecule has 430 valence electrons. The first-order valence-electron chi connectivity index (χ1n) is 19.0. The zero-order chi connectivity index (χ0) is 58.6. The summed E-state index contributed by atoms with van der Waals surface area (Å²) in [5.41, 5.74) is 11.2. The van der Waals surface area contributed by atoms with Crippen molar-refractivity contribution in [3.63, 3.8) is 0 Å². The summed E-state index contributed by atoms with van der Waals surface area (Å²) in [5.74, 6) is 0. The van der Waals surface area contributed by atoms with Gasteiger partial charge in [0, 0.05) is 56.1 Å². The quantitative estimate of drug-likeness (QED) is 0.0488. The SMILES string of the molecule is CN.CN1C(=O)Nc2cccc(Br)c2S1(=O)=O.CN1CNc2cccc(Br)c2S1(=O)=O.CNS(=O)(=O)c1c(Br)cccc1Br.CNS(=O)(=O)c1c(N)cccc1Br.N.O=C(Cl)Cl.O=S(=O)(Cl)c1c(Br)cccc1Br.[Cl][Cu]. The van der Waals surface area contributed by atoms with Gasteiger partial charge in [-0.2, -0.15) is 4.31 Å². The van der Waals surface area contributed by atoms with Crippen LogP contribution < -0.4 is 37.7 Å². The van der Waals surface area contributed by atoms with E-state index in [9.17, 15) is 46.9 Å². The maximum atomic E-state index is 11.9. The number of carbonyl (C=O) groups is 2. The third-order valence-corrected chi connectivity index (χ3v) is 23.0. The average molecular weight is 1740 g/mol. The summed E-state index contributed by atoms with van der Waals surface area (Å²) in [5, 5.41) is 5.51. The van der Waals surface area contributed by atoms with E-state index < -0.39 is 59.9 Å². The minimum absolute atomic E-state index is 0. The predicted molar refractivity (Wildman–Crippen MR) is 322 cm³/mol. The van der Waals surface area contributed by atoms with Crippen LogP contribution in [0.3, 0.4) is 0 Å². The van der Waals surface area contributed by atoms with Crippen LogP contribution >= 0.6 is 155 Å². The number of nitrogens with two attached hydrogens (primary N) is 2. The van der Waals surface area contributed by atoms with Gasteiger partial charge in [-0.3, -0.25) is 4.79 Å². The number of fused-ring (bicyclic) bond motifs is 2. The number of carbonyl (C=O) groups excluding carboxylic acids is 2. The number of halogens is 11. The Kier molecular flexibility index (Phi) is 35.9. The van der Waals surface area contributed by atoms with Crippen LogP contribution in [0.15, 0.2) is 147 Å². The van der Waals surface area contributed by atoms with E-state index in [1.807, 2.05) is 0 Å². The standard InChI is InChI=1S/C8H7BrN2O3S.C8H9BrN2O2S.C7H7Br2NO2S.C7H9BrN2O2S.C6H3Br2ClO2S.CCl2O.CH5N.ClH.Cu.H3N/c1-11-8(12)10-6-4-2-3-5(9)7(6)15(11,13)14;1-11-5-10-7-4-2-3-6(9)8(7)14(11,12)13;2*1-10-13(11,12)7-5(8)3-2-4-6(7)9;7-4-2-1-3-5(8)6(4)12(9,10)11;2-1(3)4;1-2;;;/h2-4H,1H3,(H,10,12);2-4,10H,5H2,1H3;2-4,10H,1H3;2-4,10H,9H2,1H3;1-3H;;2H2,1H3;1H;;1H3/q;;;;;;;;+1;/p-1. The summed E-state index contributed by atoms with van der Waals surface area (Å²) in [6.45, 7) is 0.311. The van der Waals surface area contributed by atoms with Gasteiger partial charge in [0.25, 0.3) is 19.1 Å². The number of amides is 2. The van der Waals surface area contributed by atoms with Gasteiger partial charge in [0.15, 0.2) is 0 Å². The molecule has 0 unspecified atom stereocenters. The van der Waals surface area contributed by atoms with Crippen molar-refractivity contribution in [2.24, 2.45) is 5.73 Å². The number of nitrogens with one attached hydrogen (secondary N) is 4. The van der Waals surface area contributed by atoms with Gasteiger partial charge in [-0.25, -0.2) is 60.6 Å². The first-order valence-corrected chi connectivity index (χ1v) is 34.7. The molecule has 2 aliphatic rings. The molecule has 0 saturated heterocycles. The number of nitrogen functional groups attached to an aromatic ring is 1. The number of sulfonamides is 4. The number of hydrogen-bond donors (Lipinski definition) is 7. The van der Waals surface area contributed by atoms with Crippen molar-refractivity contribution in [3.05, 3.63) is 122 Å². The Bertz CT molecular complexity index is 3250. The number of rotatable bonds is 5. The monoisotopic (exact) mass is 1730 g/mol. The molecule has 2 aliphatic heterocycles. The van der Waals surface area contributed by atoms with Crippen LogP contribution in [0, 0.1) is 0 Å². The molecule has 7 rings (SSSR count). The predicted octanol–water partition coefficient (Wildman–Crippen LogP) is 11.3. The molecule has 5 aromatic carbocycles. The second kappa shape index (κ2) is 35.3. The van der Waals surface area contributed by atoms with Gasteiger partial charge < -0.3 is 28.3 Å². The molecule has 0 saturated carbocycles. The first-order chi connectivity index (χ1) is 34.6. The molecule has 0 atom stereocenters. The van der Waals surface area contributed by atoms with Crippen molar-refractivity contribution in [2.75, 3.05) is 58.3 Å². The van der Waals surface area contributed by atoms with Crippen molar-refractivity contribution in [2.45, 2.75) is 24.5 Å². The average Bonchev–Trinajstić information content (AvgIpc) is 3.31. The van der Waals surface area contributed by atoms with Gasteiger partial charge in [-0.1, -0.05) is 30.3 Å². The molecule has 0 bridgehead atoms. The van der Waals surface area contributed by atoms with Crippen molar-refractivity contribution in [1.29, 1.82) is 0 Å². The Balaban J connectivity index is 0. The molecule has 0 aliphatic carbocycles. The Labute approximate surface area is 527 Å². The molecule has 2 amide bonds. The molecule has 0 fully saturated rings. The molecule has 0 spiro atoms. The first kappa shape index (κ1) is 77.3. The summed E-state index contributed by atoms with van der Waals surface area (Å²) < 4.78 is 124. The van der Waals surface area contributed by atoms with Crippen molar-refractivity contribution >= 4 is 232 Å². The Morgan fingerprint density at radius 3 is 1.29 bits per heavy atom. The van der Waals surface area contributed by atoms with E-state index in [1.54, 1.807) is 92.0 Å². The molecule has 21 nitrogen and oxygen atoms in total. The third-order valence-electron chi connectivity index (χ3n) is 8.39. The molecule has 76 heavy (non-hydrogen) atoms. The minimum atomic E-state index is -3.73. The van der Waals surface area contributed by atoms with Gasteiger partial charge in [-0.05, 0) is 217 Å². The zero-order valence-electron chi connectivity index (χ0n) is 39.0. The summed E-state index contributed by atoms with van der Waals surface area (Å²) in [6.07, 6.45) is 0. The van der Waals surface area contributed by atoms with Gasteiger partial charge >= 0.3 is 35.9 Å². The fourth-order valence-electron chi connectivity index (χ4n) is 5.12. The van der Waals surface area contributed by atoms with Gasteiger partial charge in [0.1, 0.15) is 24.5 Å². The van der Waals surface area contributed by atoms with E-state index in [-0.39, 0.29) is 31.4 Å². The van der Waals surface area contributed by atoms with Gasteiger partial charge in [-0.15, -0.1) is 0 Å². The molecule has 5 aromatic rings. The molecule has 11 N–H and O–H groups in total. The summed E-state index contributed by atoms with van der Waals surface area (Å²) in [7, 11) is -1.26.